The fourth-order valence-corrected chi connectivity index (χ4v) is 6.85. The van der Waals surface area contributed by atoms with Crippen molar-refractivity contribution in [3.8, 4) is 11.5 Å². The molecule has 39 heavy (non-hydrogen) atoms. The van der Waals surface area contributed by atoms with Gasteiger partial charge in [-0.25, -0.2) is 0 Å². The summed E-state index contributed by atoms with van der Waals surface area (Å²) in [6.07, 6.45) is 7.89. The molecule has 2 aliphatic heterocycles. The van der Waals surface area contributed by atoms with Gasteiger partial charge >= 0.3 is 0 Å². The summed E-state index contributed by atoms with van der Waals surface area (Å²) < 4.78 is 22.2. The van der Waals surface area contributed by atoms with Gasteiger partial charge in [0.25, 0.3) is 0 Å². The number of epoxide rings is 2. The third-order valence-corrected chi connectivity index (χ3v) is 9.81. The second kappa shape index (κ2) is 11.1. The lowest BCUT2D eigenvalue weighted by molar-refractivity contribution is 0.0946. The Morgan fingerprint density at radius 3 is 1.38 bits per heavy atom. The monoisotopic (exact) mass is 528 g/mol. The van der Waals surface area contributed by atoms with Crippen LogP contribution in [0.4, 0.5) is 0 Å². The van der Waals surface area contributed by atoms with Crippen LogP contribution in [-0.4, -0.2) is 38.6 Å². The lowest BCUT2D eigenvalue weighted by atomic mass is 9.59. The van der Waals surface area contributed by atoms with Crippen molar-refractivity contribution in [2.24, 2.45) is 17.3 Å². The van der Waals surface area contributed by atoms with Crippen LogP contribution in [0.1, 0.15) is 77.3 Å². The number of hydrogen-bond donors (Lipinski definition) is 0. The van der Waals surface area contributed by atoms with E-state index >= 15 is 0 Å². The molecule has 4 aliphatic rings. The maximum atomic E-state index is 5.84. The van der Waals surface area contributed by atoms with Gasteiger partial charge < -0.3 is 18.9 Å². The van der Waals surface area contributed by atoms with Crippen LogP contribution in [0.25, 0.3) is 11.1 Å². The zero-order valence-corrected chi connectivity index (χ0v) is 24.1. The van der Waals surface area contributed by atoms with Crippen molar-refractivity contribution in [1.29, 1.82) is 0 Å². The summed E-state index contributed by atoms with van der Waals surface area (Å²) in [5.74, 6) is 3.34. The van der Waals surface area contributed by atoms with Crippen molar-refractivity contribution in [3.05, 3.63) is 70.8 Å². The van der Waals surface area contributed by atoms with E-state index in [2.05, 4.69) is 76.2 Å². The van der Waals surface area contributed by atoms with Crippen molar-refractivity contribution < 1.29 is 18.9 Å². The lowest BCUT2D eigenvalue weighted by Crippen LogP contribution is -2.35. The Kier molecular flexibility index (Phi) is 7.61. The van der Waals surface area contributed by atoms with E-state index in [0.717, 1.165) is 36.5 Å². The van der Waals surface area contributed by atoms with Gasteiger partial charge in [0.1, 0.15) is 36.9 Å². The molecule has 4 heteroatoms. The Morgan fingerprint density at radius 1 is 0.667 bits per heavy atom. The molecule has 2 aromatic carbocycles. The highest BCUT2D eigenvalue weighted by Gasteiger charge is 2.40. The summed E-state index contributed by atoms with van der Waals surface area (Å²) in [5.41, 5.74) is 9.26. The highest BCUT2D eigenvalue weighted by atomic mass is 16.6. The minimum absolute atomic E-state index is 0.294. The molecule has 2 fully saturated rings. The van der Waals surface area contributed by atoms with Crippen molar-refractivity contribution in [2.45, 2.75) is 78.4 Å². The molecule has 0 radical (unpaired) electrons. The molecule has 0 aromatic heterocycles. The predicted octanol–water partition coefficient (Wildman–Crippen LogP) is 8.12. The Morgan fingerprint density at radius 2 is 1.05 bits per heavy atom. The van der Waals surface area contributed by atoms with Gasteiger partial charge in [0.2, 0.25) is 0 Å². The van der Waals surface area contributed by atoms with Gasteiger partial charge in [-0.15, -0.1) is 0 Å². The fraction of sp³-hybridized carbons (Fsp3) is 0.543. The maximum absolute atomic E-state index is 5.84. The molecular weight excluding hydrogens is 484 g/mol. The maximum Gasteiger partial charge on any atom is 0.119 e. The van der Waals surface area contributed by atoms with Crippen LogP contribution >= 0.6 is 0 Å². The van der Waals surface area contributed by atoms with Crippen LogP contribution in [-0.2, 0) is 9.47 Å². The minimum atomic E-state index is 0.294. The van der Waals surface area contributed by atoms with Gasteiger partial charge in [-0.1, -0.05) is 49.3 Å². The summed E-state index contributed by atoms with van der Waals surface area (Å²) in [7, 11) is 0. The van der Waals surface area contributed by atoms with E-state index in [1.165, 1.54) is 49.7 Å². The first-order chi connectivity index (χ1) is 18.9. The molecule has 4 atom stereocenters. The number of rotatable bonds is 10. The third-order valence-electron chi connectivity index (χ3n) is 9.81. The average molecular weight is 529 g/mol. The Labute approximate surface area is 234 Å². The van der Waals surface area contributed by atoms with Crippen molar-refractivity contribution in [3.63, 3.8) is 0 Å². The van der Waals surface area contributed by atoms with Crippen molar-refractivity contribution >= 4 is 11.1 Å². The highest BCUT2D eigenvalue weighted by Crippen LogP contribution is 2.52. The second-order valence-corrected chi connectivity index (χ2v) is 12.8. The van der Waals surface area contributed by atoms with Gasteiger partial charge in [0, 0.05) is 0 Å². The van der Waals surface area contributed by atoms with Crippen LogP contribution < -0.4 is 9.47 Å². The second-order valence-electron chi connectivity index (χ2n) is 12.8. The van der Waals surface area contributed by atoms with E-state index in [-0.39, 0.29) is 0 Å². The minimum Gasteiger partial charge on any atom is -0.491 e. The van der Waals surface area contributed by atoms with Gasteiger partial charge in [0.15, 0.2) is 0 Å². The molecule has 0 amide bonds. The van der Waals surface area contributed by atoms with E-state index < -0.39 is 0 Å². The van der Waals surface area contributed by atoms with E-state index in [1.807, 2.05) is 0 Å². The summed E-state index contributed by atoms with van der Waals surface area (Å²) >= 11 is 0. The quantitative estimate of drug-likeness (QED) is 0.292. The standard InChI is InChI=1S/C35H44O4/c1-23-17-27(9-15-33(23)25-5-11-29(12-6-25)36-19-31-21-38-31)35(3,4)28-10-16-34(24(2)18-28)26-7-13-30(14-8-26)37-20-32-22-39-32/h5-8,11-14,27-28,31-32H,9-10,15-22H2,1-4H3. The molecule has 2 aliphatic carbocycles. The van der Waals surface area contributed by atoms with E-state index in [4.69, 9.17) is 18.9 Å². The number of benzene rings is 2. The molecule has 0 spiro atoms. The molecule has 0 N–H and O–H groups in total. The number of allylic oxidation sites excluding steroid dienone is 4. The van der Waals surface area contributed by atoms with Crippen LogP contribution in [0.15, 0.2) is 59.7 Å². The molecule has 208 valence electrons. The highest BCUT2D eigenvalue weighted by molar-refractivity contribution is 5.70. The van der Waals surface area contributed by atoms with Crippen LogP contribution in [0.3, 0.4) is 0 Å². The SMILES string of the molecule is CC1=C(c2ccc(OCC3CO3)cc2)CCC(C(C)(C)C2CCC(c3ccc(OCC4CO4)cc3)=C(C)C2)C1. The number of ether oxygens (including phenoxy) is 4. The fourth-order valence-electron chi connectivity index (χ4n) is 6.85. The van der Waals surface area contributed by atoms with Crippen molar-refractivity contribution in [1.82, 2.24) is 0 Å². The molecular formula is C35H44O4. The molecule has 4 unspecified atom stereocenters. The van der Waals surface area contributed by atoms with Crippen molar-refractivity contribution in [2.75, 3.05) is 26.4 Å². The topological polar surface area (TPSA) is 43.5 Å². The summed E-state index contributed by atoms with van der Waals surface area (Å²) in [4.78, 5) is 0. The van der Waals surface area contributed by atoms with Crippen LogP contribution in [0.2, 0.25) is 0 Å². The summed E-state index contributed by atoms with van der Waals surface area (Å²) in [6, 6.07) is 17.4. The lowest BCUT2D eigenvalue weighted by Gasteiger charge is -2.46. The normalized spacial score (nSPS) is 27.0. The van der Waals surface area contributed by atoms with E-state index in [9.17, 15) is 0 Å². The van der Waals surface area contributed by atoms with Gasteiger partial charge in [-0.2, -0.15) is 0 Å². The average Bonchev–Trinajstić information content (AvgIpc) is 3.87. The molecule has 6 rings (SSSR count). The van der Waals surface area contributed by atoms with E-state index in [0.29, 0.717) is 30.8 Å². The van der Waals surface area contributed by atoms with Crippen LogP contribution in [0, 0.1) is 17.3 Å². The zero-order chi connectivity index (χ0) is 27.0. The smallest absolute Gasteiger partial charge is 0.119 e. The molecule has 2 saturated heterocycles. The predicted molar refractivity (Wildman–Crippen MR) is 157 cm³/mol. The Balaban J connectivity index is 1.07. The Hall–Kier alpha value is -2.56. The summed E-state index contributed by atoms with van der Waals surface area (Å²) in [6.45, 7) is 12.8. The summed E-state index contributed by atoms with van der Waals surface area (Å²) in [5, 5.41) is 0. The van der Waals surface area contributed by atoms with Gasteiger partial charge in [-0.3, -0.25) is 0 Å². The van der Waals surface area contributed by atoms with Crippen LogP contribution in [0.5, 0.6) is 11.5 Å². The first-order valence-corrected chi connectivity index (χ1v) is 14.9. The first kappa shape index (κ1) is 26.7. The first-order valence-electron chi connectivity index (χ1n) is 14.9. The largest absolute Gasteiger partial charge is 0.491 e. The third kappa shape index (κ3) is 6.28. The molecule has 0 bridgehead atoms. The van der Waals surface area contributed by atoms with Gasteiger partial charge in [0.05, 0.1) is 13.2 Å². The Bertz CT molecular complexity index is 1120. The van der Waals surface area contributed by atoms with Gasteiger partial charge in [-0.05, 0) is 116 Å². The molecule has 4 nitrogen and oxygen atoms in total. The van der Waals surface area contributed by atoms with E-state index in [1.54, 1.807) is 22.3 Å². The zero-order valence-electron chi connectivity index (χ0n) is 24.1. The molecule has 0 saturated carbocycles. The molecule has 2 aromatic rings. The number of hydrogen-bond acceptors (Lipinski definition) is 4. The molecule has 2 heterocycles.